The number of nitrogens with zero attached hydrogens (tertiary/aromatic N) is 1. The third-order valence-electron chi connectivity index (χ3n) is 5.91. The van der Waals surface area contributed by atoms with E-state index in [1.54, 1.807) is 6.07 Å². The van der Waals surface area contributed by atoms with E-state index in [4.69, 9.17) is 46.4 Å². The highest BCUT2D eigenvalue weighted by molar-refractivity contribution is 7.93. The summed E-state index contributed by atoms with van der Waals surface area (Å²) in [6.45, 7) is 5.01. The van der Waals surface area contributed by atoms with Crippen LogP contribution in [0.4, 0.5) is 11.4 Å². The van der Waals surface area contributed by atoms with Gasteiger partial charge in [-0.05, 0) is 24.6 Å². The first-order chi connectivity index (χ1) is 16.7. The summed E-state index contributed by atoms with van der Waals surface area (Å²) >= 11 is 27.6. The van der Waals surface area contributed by atoms with E-state index in [1.807, 2.05) is 31.2 Å². The second-order valence-corrected chi connectivity index (χ2v) is 14.2. The van der Waals surface area contributed by atoms with Crippen LogP contribution in [0.15, 0.2) is 41.3 Å². The molecule has 2 N–H and O–H groups in total. The van der Waals surface area contributed by atoms with E-state index < -0.39 is 10.0 Å². The zero-order chi connectivity index (χ0) is 24.9. The van der Waals surface area contributed by atoms with Crippen molar-refractivity contribution in [3.8, 4) is 11.1 Å². The molecule has 1 aliphatic rings. The molecule has 0 amide bonds. The number of anilines is 2. The summed E-state index contributed by atoms with van der Waals surface area (Å²) in [5.74, 6) is 0. The van der Waals surface area contributed by atoms with Gasteiger partial charge in [0.2, 0.25) is 0 Å². The van der Waals surface area contributed by atoms with E-state index in [0.29, 0.717) is 29.5 Å². The maximum Gasteiger partial charge on any atom is 0.262 e. The van der Waals surface area contributed by atoms with Crippen molar-refractivity contribution in [1.82, 2.24) is 5.32 Å². The minimum Gasteiger partial charge on any atom is -0.368 e. The van der Waals surface area contributed by atoms with Crippen LogP contribution in [0.2, 0.25) is 17.3 Å². The molecule has 3 heterocycles. The summed E-state index contributed by atoms with van der Waals surface area (Å²) in [4.78, 5) is 2.45. The number of piperazine rings is 1. The van der Waals surface area contributed by atoms with Gasteiger partial charge >= 0.3 is 0 Å². The lowest BCUT2D eigenvalue weighted by atomic mass is 9.94. The molecular weight excluding hydrogens is 588 g/mol. The van der Waals surface area contributed by atoms with Crippen LogP contribution in [0.3, 0.4) is 0 Å². The van der Waals surface area contributed by atoms with Gasteiger partial charge in [-0.25, -0.2) is 8.42 Å². The van der Waals surface area contributed by atoms with Crippen molar-refractivity contribution in [3.05, 3.63) is 59.3 Å². The van der Waals surface area contributed by atoms with Gasteiger partial charge in [0.05, 0.1) is 24.9 Å². The number of halogens is 4. The zero-order valence-corrected chi connectivity index (χ0v) is 23.8. The van der Waals surface area contributed by atoms with Crippen molar-refractivity contribution >= 4 is 101 Å². The Hall–Kier alpha value is -1.23. The quantitative estimate of drug-likeness (QED) is 0.244. The summed E-state index contributed by atoms with van der Waals surface area (Å²) in [6.07, 6.45) is 0. The molecule has 1 aliphatic heterocycles. The molecular formula is C23H19Cl4N3O2S3. The Morgan fingerprint density at radius 2 is 1.57 bits per heavy atom. The Labute approximate surface area is 231 Å². The maximum absolute atomic E-state index is 13.9. The van der Waals surface area contributed by atoms with Crippen molar-refractivity contribution in [1.29, 1.82) is 0 Å². The van der Waals surface area contributed by atoms with E-state index in [1.165, 1.54) is 17.4 Å². The van der Waals surface area contributed by atoms with Gasteiger partial charge in [-0.1, -0.05) is 70.7 Å². The Morgan fingerprint density at radius 3 is 2.17 bits per heavy atom. The van der Waals surface area contributed by atoms with Gasteiger partial charge in [0.25, 0.3) is 10.0 Å². The smallest absolute Gasteiger partial charge is 0.262 e. The molecule has 35 heavy (non-hydrogen) atoms. The first-order valence-corrected chi connectivity index (χ1v) is 15.2. The number of fused-ring (bicyclic) bond motifs is 1. The van der Waals surface area contributed by atoms with Crippen LogP contribution in [0.25, 0.3) is 21.9 Å². The monoisotopic (exact) mass is 605 g/mol. The summed E-state index contributed by atoms with van der Waals surface area (Å²) in [5.41, 5.74) is 3.25. The maximum atomic E-state index is 13.9. The van der Waals surface area contributed by atoms with Crippen LogP contribution >= 0.6 is 69.1 Å². The Morgan fingerprint density at radius 1 is 0.943 bits per heavy atom. The molecule has 4 aromatic rings. The fourth-order valence-corrected chi connectivity index (χ4v) is 9.02. The molecule has 2 aromatic heterocycles. The van der Waals surface area contributed by atoms with Crippen LogP contribution in [0.1, 0.15) is 5.56 Å². The minimum absolute atomic E-state index is 0.166. The molecule has 5 nitrogen and oxygen atoms in total. The SMILES string of the molecule is Cc1c(-c2cc(Cl)sc2Cl)c(N2CCNCC2)c2ccccc2c1S(=O)(=O)Nc1cc(Cl)sc1Cl. The predicted octanol–water partition coefficient (Wildman–Crippen LogP) is 7.76. The molecule has 0 radical (unpaired) electrons. The van der Waals surface area contributed by atoms with E-state index >= 15 is 0 Å². The molecule has 0 saturated carbocycles. The van der Waals surface area contributed by atoms with Crippen LogP contribution in [-0.2, 0) is 10.0 Å². The van der Waals surface area contributed by atoms with Crippen molar-refractivity contribution in [2.45, 2.75) is 11.8 Å². The Kier molecular flexibility index (Phi) is 7.20. The number of hydrogen-bond donors (Lipinski definition) is 2. The average molecular weight is 607 g/mol. The molecule has 5 rings (SSSR count). The number of thiophene rings is 2. The summed E-state index contributed by atoms with van der Waals surface area (Å²) in [6, 6.07) is 10.8. The highest BCUT2D eigenvalue weighted by Crippen LogP contribution is 2.49. The van der Waals surface area contributed by atoms with Gasteiger partial charge in [0.15, 0.2) is 0 Å². The summed E-state index contributed by atoms with van der Waals surface area (Å²) in [5, 5.41) is 4.81. The molecule has 0 bridgehead atoms. The summed E-state index contributed by atoms with van der Waals surface area (Å²) in [7, 11) is -4.05. The largest absolute Gasteiger partial charge is 0.368 e. The third kappa shape index (κ3) is 4.76. The molecule has 0 aliphatic carbocycles. The number of nitrogens with one attached hydrogen (secondary N) is 2. The lowest BCUT2D eigenvalue weighted by Gasteiger charge is -2.33. The molecule has 0 unspecified atom stereocenters. The first-order valence-electron chi connectivity index (χ1n) is 10.6. The topological polar surface area (TPSA) is 61.4 Å². The van der Waals surface area contributed by atoms with Gasteiger partial charge in [-0.15, -0.1) is 22.7 Å². The van der Waals surface area contributed by atoms with Crippen molar-refractivity contribution in [3.63, 3.8) is 0 Å². The second kappa shape index (κ2) is 9.91. The van der Waals surface area contributed by atoms with Gasteiger partial charge < -0.3 is 10.2 Å². The van der Waals surface area contributed by atoms with Gasteiger partial charge in [-0.3, -0.25) is 4.72 Å². The molecule has 12 heteroatoms. The number of sulfonamides is 1. The van der Waals surface area contributed by atoms with Gasteiger partial charge in [0.1, 0.15) is 8.67 Å². The third-order valence-corrected chi connectivity index (χ3v) is 10.4. The second-order valence-electron chi connectivity index (χ2n) is 8.04. The Bertz CT molecular complexity index is 1540. The molecule has 0 spiro atoms. The highest BCUT2D eigenvalue weighted by Gasteiger charge is 2.30. The fraction of sp³-hybridized carbons (Fsp3) is 0.217. The first kappa shape index (κ1) is 25.4. The fourth-order valence-electron chi connectivity index (χ4n) is 4.52. The highest BCUT2D eigenvalue weighted by atomic mass is 35.5. The van der Waals surface area contributed by atoms with E-state index in [9.17, 15) is 8.42 Å². The van der Waals surface area contributed by atoms with Crippen LogP contribution < -0.4 is 14.9 Å². The van der Waals surface area contributed by atoms with Crippen LogP contribution in [0, 0.1) is 6.92 Å². The van der Waals surface area contributed by atoms with E-state index in [0.717, 1.165) is 54.2 Å². The number of rotatable bonds is 5. The van der Waals surface area contributed by atoms with Crippen LogP contribution in [0.5, 0.6) is 0 Å². The van der Waals surface area contributed by atoms with E-state index in [-0.39, 0.29) is 14.9 Å². The average Bonchev–Trinajstić information content (AvgIpc) is 3.31. The lowest BCUT2D eigenvalue weighted by Crippen LogP contribution is -2.44. The van der Waals surface area contributed by atoms with Crippen LogP contribution in [-0.4, -0.2) is 34.6 Å². The van der Waals surface area contributed by atoms with Gasteiger partial charge in [-0.2, -0.15) is 0 Å². The Balaban J connectivity index is 1.84. The van der Waals surface area contributed by atoms with Crippen molar-refractivity contribution in [2.75, 3.05) is 35.8 Å². The lowest BCUT2D eigenvalue weighted by molar-refractivity contribution is 0.590. The van der Waals surface area contributed by atoms with E-state index in [2.05, 4.69) is 14.9 Å². The summed E-state index contributed by atoms with van der Waals surface area (Å²) < 4.78 is 32.1. The predicted molar refractivity (Wildman–Crippen MR) is 152 cm³/mol. The normalized spacial score (nSPS) is 14.6. The number of hydrogen-bond acceptors (Lipinski definition) is 6. The molecule has 0 atom stereocenters. The molecule has 184 valence electrons. The van der Waals surface area contributed by atoms with Crippen molar-refractivity contribution < 1.29 is 8.42 Å². The number of benzene rings is 2. The molecule has 1 saturated heterocycles. The minimum atomic E-state index is -4.05. The molecule has 2 aromatic carbocycles. The standard InChI is InChI=1S/C23H19Cl4N3O2S3/c1-12-19(15-10-17(24)33-22(15)26)20(30-8-6-28-7-9-30)13-4-2-3-5-14(13)21(12)35(31,32)29-16-11-18(25)34-23(16)27/h2-5,10-11,28-29H,6-9H2,1H3. The van der Waals surface area contributed by atoms with Gasteiger partial charge in [0, 0.05) is 48.1 Å². The van der Waals surface area contributed by atoms with Crippen molar-refractivity contribution in [2.24, 2.45) is 0 Å². The molecule has 1 fully saturated rings. The zero-order valence-electron chi connectivity index (χ0n) is 18.3.